The van der Waals surface area contributed by atoms with E-state index in [2.05, 4.69) is 5.32 Å². The molecule has 9 heteroatoms. The number of amides is 2. The van der Waals surface area contributed by atoms with Crippen molar-refractivity contribution in [3.05, 3.63) is 89.5 Å². The van der Waals surface area contributed by atoms with Crippen molar-refractivity contribution in [1.29, 1.82) is 0 Å². The molecule has 0 spiro atoms. The van der Waals surface area contributed by atoms with Crippen LogP contribution in [0.15, 0.2) is 77.7 Å². The number of rotatable bonds is 10. The fourth-order valence-corrected chi connectivity index (χ4v) is 5.56. The van der Waals surface area contributed by atoms with Gasteiger partial charge in [0, 0.05) is 26.1 Å². The first-order chi connectivity index (χ1) is 17.8. The minimum atomic E-state index is -4.01. The maximum atomic E-state index is 13.5. The Balaban J connectivity index is 1.44. The van der Waals surface area contributed by atoms with Crippen molar-refractivity contribution >= 4 is 27.5 Å². The van der Waals surface area contributed by atoms with Crippen LogP contribution in [0.2, 0.25) is 0 Å². The number of benzene rings is 3. The van der Waals surface area contributed by atoms with Gasteiger partial charge in [0.2, 0.25) is 11.8 Å². The van der Waals surface area contributed by atoms with E-state index in [4.69, 9.17) is 4.74 Å². The smallest absolute Gasteiger partial charge is 0.264 e. The van der Waals surface area contributed by atoms with Crippen LogP contribution in [0.5, 0.6) is 5.75 Å². The molecule has 2 amide bonds. The molecule has 1 N–H and O–H groups in total. The Labute approximate surface area is 217 Å². The van der Waals surface area contributed by atoms with Crippen LogP contribution in [0.4, 0.5) is 5.69 Å². The summed E-state index contributed by atoms with van der Waals surface area (Å²) in [4.78, 5) is 26.7. The average molecular weight is 522 g/mol. The van der Waals surface area contributed by atoms with Gasteiger partial charge in [0.25, 0.3) is 10.0 Å². The Morgan fingerprint density at radius 2 is 1.62 bits per heavy atom. The molecule has 0 bridgehead atoms. The van der Waals surface area contributed by atoms with Gasteiger partial charge >= 0.3 is 0 Å². The second-order valence-electron chi connectivity index (χ2n) is 9.03. The molecule has 0 atom stereocenters. The molecule has 0 aromatic heterocycles. The van der Waals surface area contributed by atoms with Gasteiger partial charge in [-0.1, -0.05) is 42.0 Å². The molecule has 1 aliphatic heterocycles. The fourth-order valence-electron chi connectivity index (χ4n) is 4.14. The first-order valence-corrected chi connectivity index (χ1v) is 13.6. The summed E-state index contributed by atoms with van der Waals surface area (Å²) in [7, 11) is -2.50. The lowest BCUT2D eigenvalue weighted by Gasteiger charge is -2.24. The number of aryl methyl sites for hydroxylation is 1. The van der Waals surface area contributed by atoms with Crippen LogP contribution in [0, 0.1) is 6.92 Å². The van der Waals surface area contributed by atoms with Crippen molar-refractivity contribution in [3.8, 4) is 5.75 Å². The zero-order valence-electron chi connectivity index (χ0n) is 21.0. The molecular weight excluding hydrogens is 490 g/mol. The van der Waals surface area contributed by atoms with Crippen LogP contribution < -0.4 is 14.4 Å². The highest BCUT2D eigenvalue weighted by atomic mass is 32.2. The van der Waals surface area contributed by atoms with Gasteiger partial charge in [0.1, 0.15) is 12.3 Å². The van der Waals surface area contributed by atoms with Crippen molar-refractivity contribution in [1.82, 2.24) is 10.2 Å². The zero-order chi connectivity index (χ0) is 26.4. The van der Waals surface area contributed by atoms with E-state index in [0.717, 1.165) is 34.0 Å². The molecule has 1 saturated heterocycles. The van der Waals surface area contributed by atoms with Crippen molar-refractivity contribution < 1.29 is 22.7 Å². The van der Waals surface area contributed by atoms with E-state index in [9.17, 15) is 18.0 Å². The number of anilines is 1. The van der Waals surface area contributed by atoms with Crippen LogP contribution in [0.1, 0.15) is 29.5 Å². The Morgan fingerprint density at radius 3 is 2.22 bits per heavy atom. The van der Waals surface area contributed by atoms with Gasteiger partial charge < -0.3 is 15.0 Å². The summed E-state index contributed by atoms with van der Waals surface area (Å²) in [5, 5.41) is 2.82. The predicted molar refractivity (Wildman–Crippen MR) is 142 cm³/mol. The number of sulfonamides is 1. The summed E-state index contributed by atoms with van der Waals surface area (Å²) in [6, 6.07) is 20.8. The summed E-state index contributed by atoms with van der Waals surface area (Å²) in [5.74, 6) is 0.292. The summed E-state index contributed by atoms with van der Waals surface area (Å²) >= 11 is 0. The number of carbonyl (C=O) groups excluding carboxylic acids is 2. The Morgan fingerprint density at radius 1 is 0.973 bits per heavy atom. The monoisotopic (exact) mass is 521 g/mol. The van der Waals surface area contributed by atoms with Crippen molar-refractivity contribution in [2.75, 3.05) is 24.5 Å². The van der Waals surface area contributed by atoms with E-state index in [1.54, 1.807) is 36.4 Å². The van der Waals surface area contributed by atoms with Gasteiger partial charge in [-0.3, -0.25) is 13.9 Å². The van der Waals surface area contributed by atoms with Crippen LogP contribution in [-0.2, 0) is 32.7 Å². The molecule has 0 radical (unpaired) electrons. The molecule has 3 aromatic carbocycles. The first-order valence-electron chi connectivity index (χ1n) is 12.1. The number of likely N-dealkylation sites (tertiary alicyclic amines) is 1. The molecule has 0 aliphatic carbocycles. The van der Waals surface area contributed by atoms with Crippen molar-refractivity contribution in [3.63, 3.8) is 0 Å². The van der Waals surface area contributed by atoms with E-state index < -0.39 is 15.9 Å². The minimum Gasteiger partial charge on any atom is -0.497 e. The van der Waals surface area contributed by atoms with Gasteiger partial charge in [-0.05, 0) is 60.9 Å². The molecule has 1 heterocycles. The standard InChI is InChI=1S/C28H31N3O5S/c1-21-5-11-24(12-6-21)31(37(34,35)26-15-13-25(36-2)14-16-26)20-27(32)29-18-22-7-9-23(10-8-22)19-30-17-3-4-28(30)33/h5-16H,3-4,17-20H2,1-2H3,(H,29,32). The summed E-state index contributed by atoms with van der Waals surface area (Å²) < 4.78 is 33.3. The maximum absolute atomic E-state index is 13.5. The summed E-state index contributed by atoms with van der Waals surface area (Å²) in [6.07, 6.45) is 1.51. The number of carbonyl (C=O) groups is 2. The molecule has 8 nitrogen and oxygen atoms in total. The fraction of sp³-hybridized carbons (Fsp3) is 0.286. The normalized spacial score (nSPS) is 13.5. The van der Waals surface area contributed by atoms with Gasteiger partial charge in [-0.2, -0.15) is 0 Å². The second-order valence-corrected chi connectivity index (χ2v) is 10.9. The number of nitrogens with zero attached hydrogens (tertiary/aromatic N) is 2. The third-order valence-corrected chi connectivity index (χ3v) is 8.10. The Hall–Kier alpha value is -3.85. The summed E-state index contributed by atoms with van der Waals surface area (Å²) in [5.41, 5.74) is 3.29. The van der Waals surface area contributed by atoms with Gasteiger partial charge in [0.05, 0.1) is 17.7 Å². The van der Waals surface area contributed by atoms with Crippen LogP contribution in [0.3, 0.4) is 0 Å². The van der Waals surface area contributed by atoms with Crippen LogP contribution >= 0.6 is 0 Å². The predicted octanol–water partition coefficient (Wildman–Crippen LogP) is 3.64. The lowest BCUT2D eigenvalue weighted by atomic mass is 10.1. The third-order valence-electron chi connectivity index (χ3n) is 6.31. The number of hydrogen-bond acceptors (Lipinski definition) is 5. The van der Waals surface area contributed by atoms with Gasteiger partial charge in [-0.15, -0.1) is 0 Å². The average Bonchev–Trinajstić information content (AvgIpc) is 3.31. The van der Waals surface area contributed by atoms with E-state index in [-0.39, 0.29) is 23.9 Å². The molecule has 37 heavy (non-hydrogen) atoms. The molecule has 4 rings (SSSR count). The minimum absolute atomic E-state index is 0.0637. The molecule has 194 valence electrons. The molecule has 0 unspecified atom stereocenters. The molecule has 1 aliphatic rings. The lowest BCUT2D eigenvalue weighted by Crippen LogP contribution is -2.40. The lowest BCUT2D eigenvalue weighted by molar-refractivity contribution is -0.128. The van der Waals surface area contributed by atoms with Crippen LogP contribution in [-0.4, -0.2) is 45.3 Å². The number of ether oxygens (including phenoxy) is 1. The maximum Gasteiger partial charge on any atom is 0.264 e. The quantitative estimate of drug-likeness (QED) is 0.440. The highest BCUT2D eigenvalue weighted by molar-refractivity contribution is 7.92. The molecule has 3 aromatic rings. The van der Waals surface area contributed by atoms with Crippen LogP contribution in [0.25, 0.3) is 0 Å². The topological polar surface area (TPSA) is 96.0 Å². The summed E-state index contributed by atoms with van der Waals surface area (Å²) in [6.45, 7) is 3.17. The van der Waals surface area contributed by atoms with E-state index >= 15 is 0 Å². The number of hydrogen-bond donors (Lipinski definition) is 1. The largest absolute Gasteiger partial charge is 0.497 e. The number of methoxy groups -OCH3 is 1. The Kier molecular flexibility index (Phi) is 8.13. The molecule has 1 fully saturated rings. The number of nitrogens with one attached hydrogen (secondary N) is 1. The molecule has 0 saturated carbocycles. The first kappa shape index (κ1) is 26.2. The second kappa shape index (κ2) is 11.5. The van der Waals surface area contributed by atoms with Crippen molar-refractivity contribution in [2.24, 2.45) is 0 Å². The zero-order valence-corrected chi connectivity index (χ0v) is 21.8. The molecular formula is C28H31N3O5S. The highest BCUT2D eigenvalue weighted by Gasteiger charge is 2.27. The van der Waals surface area contributed by atoms with E-state index in [0.29, 0.717) is 24.4 Å². The van der Waals surface area contributed by atoms with E-state index in [1.165, 1.54) is 19.2 Å². The van der Waals surface area contributed by atoms with E-state index in [1.807, 2.05) is 36.1 Å². The van der Waals surface area contributed by atoms with Gasteiger partial charge in [0.15, 0.2) is 0 Å². The SMILES string of the molecule is COc1ccc(S(=O)(=O)N(CC(=O)NCc2ccc(CN3CCCC3=O)cc2)c2ccc(C)cc2)cc1. The Bertz CT molecular complexity index is 1340. The highest BCUT2D eigenvalue weighted by Crippen LogP contribution is 2.25. The van der Waals surface area contributed by atoms with Crippen molar-refractivity contribution in [2.45, 2.75) is 37.8 Å². The van der Waals surface area contributed by atoms with Gasteiger partial charge in [-0.25, -0.2) is 8.42 Å². The third kappa shape index (κ3) is 6.48.